The van der Waals surface area contributed by atoms with Crippen LogP contribution in [-0.4, -0.2) is 16.8 Å². The molecule has 2 N–H and O–H groups in total. The molecule has 25 heavy (non-hydrogen) atoms. The van der Waals surface area contributed by atoms with Crippen LogP contribution < -0.4 is 10.9 Å². The van der Waals surface area contributed by atoms with Crippen LogP contribution in [0.15, 0.2) is 60.7 Å². The van der Waals surface area contributed by atoms with Crippen LogP contribution >= 0.6 is 0 Å². The number of hydrazine groups is 1. The van der Waals surface area contributed by atoms with Crippen molar-refractivity contribution in [2.45, 2.75) is 19.8 Å². The normalized spacial score (nSPS) is 10.7. The molecule has 3 aromatic rings. The molecule has 0 fully saturated rings. The SMILES string of the molecule is CC(C)c1ccc(C(=O)NNC(=O)c2ccc3ccccc3n2)cc1. The molecule has 0 bridgehead atoms. The summed E-state index contributed by atoms with van der Waals surface area (Å²) >= 11 is 0. The Morgan fingerprint density at radius 3 is 2.24 bits per heavy atom. The first kappa shape index (κ1) is 16.6. The molecule has 0 atom stereocenters. The molecular formula is C20H19N3O2. The summed E-state index contributed by atoms with van der Waals surface area (Å²) in [6.45, 7) is 4.18. The maximum absolute atomic E-state index is 12.2. The number of hydrogen-bond donors (Lipinski definition) is 2. The fourth-order valence-corrected chi connectivity index (χ4v) is 2.46. The maximum Gasteiger partial charge on any atom is 0.288 e. The summed E-state index contributed by atoms with van der Waals surface area (Å²) in [7, 11) is 0. The molecule has 5 nitrogen and oxygen atoms in total. The predicted octanol–water partition coefficient (Wildman–Crippen LogP) is 3.43. The lowest BCUT2D eigenvalue weighted by atomic mass is 10.0. The zero-order chi connectivity index (χ0) is 17.8. The maximum atomic E-state index is 12.2. The first-order chi connectivity index (χ1) is 12.0. The smallest absolute Gasteiger partial charge is 0.267 e. The Morgan fingerprint density at radius 1 is 0.840 bits per heavy atom. The summed E-state index contributed by atoms with van der Waals surface area (Å²) in [5, 5.41) is 0.952. The minimum absolute atomic E-state index is 0.245. The van der Waals surface area contributed by atoms with Gasteiger partial charge in [-0.3, -0.25) is 20.4 Å². The number of fused-ring (bicyclic) bond motifs is 1. The number of carbonyl (C=O) groups is 2. The van der Waals surface area contributed by atoms with Gasteiger partial charge in [-0.1, -0.05) is 50.2 Å². The van der Waals surface area contributed by atoms with Crippen molar-refractivity contribution < 1.29 is 9.59 Å². The summed E-state index contributed by atoms with van der Waals surface area (Å²) in [6, 6.07) is 18.3. The molecule has 0 aliphatic heterocycles. The number of nitrogens with one attached hydrogen (secondary N) is 2. The van der Waals surface area contributed by atoms with Gasteiger partial charge in [-0.15, -0.1) is 0 Å². The van der Waals surface area contributed by atoms with E-state index in [1.807, 2.05) is 42.5 Å². The Bertz CT molecular complexity index is 918. The van der Waals surface area contributed by atoms with Crippen molar-refractivity contribution in [3.8, 4) is 0 Å². The minimum Gasteiger partial charge on any atom is -0.267 e. The van der Waals surface area contributed by atoms with E-state index in [4.69, 9.17) is 0 Å². The quantitative estimate of drug-likeness (QED) is 0.721. The van der Waals surface area contributed by atoms with Gasteiger partial charge >= 0.3 is 0 Å². The van der Waals surface area contributed by atoms with Gasteiger partial charge in [0.2, 0.25) is 0 Å². The first-order valence-corrected chi connectivity index (χ1v) is 8.11. The molecule has 5 heteroatoms. The predicted molar refractivity (Wildman–Crippen MR) is 97.2 cm³/mol. The fraction of sp³-hybridized carbons (Fsp3) is 0.150. The first-order valence-electron chi connectivity index (χ1n) is 8.11. The Balaban J connectivity index is 1.65. The largest absolute Gasteiger partial charge is 0.288 e. The van der Waals surface area contributed by atoms with Crippen LogP contribution in [0, 0.1) is 0 Å². The number of aromatic nitrogens is 1. The lowest BCUT2D eigenvalue weighted by Gasteiger charge is -2.09. The van der Waals surface area contributed by atoms with Crippen molar-refractivity contribution in [1.82, 2.24) is 15.8 Å². The number of para-hydroxylation sites is 1. The van der Waals surface area contributed by atoms with E-state index in [2.05, 4.69) is 29.7 Å². The average Bonchev–Trinajstić information content (AvgIpc) is 2.65. The van der Waals surface area contributed by atoms with Crippen LogP contribution in [0.4, 0.5) is 0 Å². The molecule has 0 saturated carbocycles. The summed E-state index contributed by atoms with van der Waals surface area (Å²) in [4.78, 5) is 28.6. The van der Waals surface area contributed by atoms with Gasteiger partial charge in [-0.05, 0) is 35.7 Å². The van der Waals surface area contributed by atoms with Crippen LogP contribution in [0.3, 0.4) is 0 Å². The molecule has 1 aromatic heterocycles. The fourth-order valence-electron chi connectivity index (χ4n) is 2.46. The third-order valence-electron chi connectivity index (χ3n) is 3.96. The molecular weight excluding hydrogens is 314 g/mol. The second-order valence-electron chi connectivity index (χ2n) is 6.07. The molecule has 0 aliphatic rings. The summed E-state index contributed by atoms with van der Waals surface area (Å²) in [6.07, 6.45) is 0. The molecule has 0 saturated heterocycles. The standard InChI is InChI=1S/C20H19N3O2/c1-13(2)14-7-9-16(10-8-14)19(24)22-23-20(25)18-12-11-15-5-3-4-6-17(15)21-18/h3-13H,1-2H3,(H,22,24)(H,23,25). The number of benzene rings is 2. The van der Waals surface area contributed by atoms with E-state index in [0.29, 0.717) is 11.5 Å². The van der Waals surface area contributed by atoms with Crippen LogP contribution in [0.2, 0.25) is 0 Å². The molecule has 0 spiro atoms. The topological polar surface area (TPSA) is 71.1 Å². The zero-order valence-electron chi connectivity index (χ0n) is 14.1. The second kappa shape index (κ2) is 7.13. The molecule has 2 amide bonds. The van der Waals surface area contributed by atoms with Crippen LogP contribution in [0.1, 0.15) is 46.2 Å². The van der Waals surface area contributed by atoms with Crippen molar-refractivity contribution in [3.05, 3.63) is 77.5 Å². The molecule has 1 heterocycles. The highest BCUT2D eigenvalue weighted by atomic mass is 16.2. The van der Waals surface area contributed by atoms with Gasteiger partial charge in [0.15, 0.2) is 0 Å². The van der Waals surface area contributed by atoms with Gasteiger partial charge in [0.25, 0.3) is 11.8 Å². The highest BCUT2D eigenvalue weighted by Crippen LogP contribution is 2.14. The molecule has 0 unspecified atom stereocenters. The number of carbonyl (C=O) groups excluding carboxylic acids is 2. The average molecular weight is 333 g/mol. The minimum atomic E-state index is -0.460. The van der Waals surface area contributed by atoms with E-state index >= 15 is 0 Å². The number of rotatable bonds is 3. The van der Waals surface area contributed by atoms with E-state index < -0.39 is 5.91 Å². The van der Waals surface area contributed by atoms with Gasteiger partial charge in [0.05, 0.1) is 5.52 Å². The highest BCUT2D eigenvalue weighted by molar-refractivity contribution is 5.99. The van der Waals surface area contributed by atoms with Crippen LogP contribution in [-0.2, 0) is 0 Å². The van der Waals surface area contributed by atoms with Crippen molar-refractivity contribution in [2.75, 3.05) is 0 Å². The Hall–Kier alpha value is -3.21. The number of nitrogens with zero attached hydrogens (tertiary/aromatic N) is 1. The van der Waals surface area contributed by atoms with Gasteiger partial charge < -0.3 is 0 Å². The lowest BCUT2D eigenvalue weighted by Crippen LogP contribution is -2.41. The Labute approximate surface area is 146 Å². The lowest BCUT2D eigenvalue weighted by molar-refractivity contribution is 0.0844. The Kier molecular flexibility index (Phi) is 4.75. The Morgan fingerprint density at radius 2 is 1.52 bits per heavy atom. The number of amides is 2. The molecule has 0 aliphatic carbocycles. The molecule has 126 valence electrons. The van der Waals surface area contributed by atoms with Crippen molar-refractivity contribution in [1.29, 1.82) is 0 Å². The van der Waals surface area contributed by atoms with Crippen molar-refractivity contribution in [2.24, 2.45) is 0 Å². The third-order valence-corrected chi connectivity index (χ3v) is 3.96. The second-order valence-corrected chi connectivity index (χ2v) is 6.07. The van der Waals surface area contributed by atoms with Gasteiger partial charge in [0.1, 0.15) is 5.69 Å². The van der Waals surface area contributed by atoms with Crippen molar-refractivity contribution in [3.63, 3.8) is 0 Å². The van der Waals surface area contributed by atoms with E-state index in [0.717, 1.165) is 16.5 Å². The van der Waals surface area contributed by atoms with Gasteiger partial charge in [-0.25, -0.2) is 4.98 Å². The van der Waals surface area contributed by atoms with E-state index in [9.17, 15) is 9.59 Å². The number of hydrogen-bond acceptors (Lipinski definition) is 3. The molecule has 3 rings (SSSR count). The van der Waals surface area contributed by atoms with E-state index in [-0.39, 0.29) is 11.6 Å². The molecule has 0 radical (unpaired) electrons. The van der Waals surface area contributed by atoms with Crippen LogP contribution in [0.5, 0.6) is 0 Å². The van der Waals surface area contributed by atoms with Gasteiger partial charge in [0, 0.05) is 10.9 Å². The zero-order valence-corrected chi connectivity index (χ0v) is 14.1. The van der Waals surface area contributed by atoms with Crippen LogP contribution in [0.25, 0.3) is 10.9 Å². The third kappa shape index (κ3) is 3.83. The molecule has 2 aromatic carbocycles. The van der Waals surface area contributed by atoms with Crippen molar-refractivity contribution >= 4 is 22.7 Å². The summed E-state index contributed by atoms with van der Waals surface area (Å²) in [5.41, 5.74) is 7.42. The summed E-state index contributed by atoms with van der Waals surface area (Å²) in [5.74, 6) is -0.432. The van der Waals surface area contributed by atoms with Gasteiger partial charge in [-0.2, -0.15) is 0 Å². The van der Waals surface area contributed by atoms with E-state index in [1.54, 1.807) is 18.2 Å². The monoisotopic (exact) mass is 333 g/mol. The number of pyridine rings is 1. The highest BCUT2D eigenvalue weighted by Gasteiger charge is 2.11. The summed E-state index contributed by atoms with van der Waals surface area (Å²) < 4.78 is 0. The van der Waals surface area contributed by atoms with E-state index in [1.165, 1.54) is 0 Å².